The number of nitrogens with zero attached hydrogens (tertiary/aromatic N) is 3. The van der Waals surface area contributed by atoms with E-state index in [4.69, 9.17) is 16.3 Å². The van der Waals surface area contributed by atoms with E-state index in [9.17, 15) is 13.8 Å². The standard InChI is InChI=1S/C25H29ClFN6O3P/c1-33(2)12-8-11-23(34)29-19-14-20(21(36-3)13-17(19)27)31-25-28-15-16(26)24(32-25)30-18-9-6-7-10-22(18)37(4,5)35/h6-11,13-15H,12H2,1-5H3,(H,29,34)(H2,28,30,31,32)/b11-8+. The molecule has 1 heterocycles. The van der Waals surface area contributed by atoms with Gasteiger partial charge in [0.15, 0.2) is 11.6 Å². The number of nitrogens with one attached hydrogen (secondary N) is 3. The van der Waals surface area contributed by atoms with Gasteiger partial charge in [-0.1, -0.05) is 29.8 Å². The third-order valence-electron chi connectivity index (χ3n) is 5.01. The number of halogens is 2. The molecule has 0 saturated carbocycles. The largest absolute Gasteiger partial charge is 0.494 e. The van der Waals surface area contributed by atoms with Gasteiger partial charge in [-0.2, -0.15) is 4.98 Å². The van der Waals surface area contributed by atoms with Crippen LogP contribution in [0.2, 0.25) is 5.02 Å². The number of carbonyl (C=O) groups excluding carboxylic acids is 1. The minimum Gasteiger partial charge on any atom is -0.494 e. The minimum absolute atomic E-state index is 0.0503. The van der Waals surface area contributed by atoms with Gasteiger partial charge in [0.1, 0.15) is 17.9 Å². The fourth-order valence-corrected chi connectivity index (χ4v) is 4.57. The van der Waals surface area contributed by atoms with E-state index in [1.54, 1.807) is 31.5 Å². The monoisotopic (exact) mass is 546 g/mol. The van der Waals surface area contributed by atoms with Crippen LogP contribution < -0.4 is 26.0 Å². The smallest absolute Gasteiger partial charge is 0.248 e. The molecule has 1 aromatic heterocycles. The van der Waals surface area contributed by atoms with Gasteiger partial charge < -0.3 is 30.2 Å². The quantitative estimate of drug-likeness (QED) is 0.239. The molecule has 3 aromatic rings. The van der Waals surface area contributed by atoms with Crippen molar-refractivity contribution < 1.29 is 18.5 Å². The molecule has 0 spiro atoms. The van der Waals surface area contributed by atoms with Gasteiger partial charge in [-0.05, 0) is 45.6 Å². The number of benzene rings is 2. The summed E-state index contributed by atoms with van der Waals surface area (Å²) in [5, 5.41) is 9.51. The molecule has 2 aromatic carbocycles. The number of likely N-dealkylation sites (N-methyl/N-ethyl adjacent to an activating group) is 1. The van der Waals surface area contributed by atoms with Crippen LogP contribution in [0.4, 0.5) is 33.2 Å². The molecule has 9 nitrogen and oxygen atoms in total. The molecule has 0 aliphatic rings. The van der Waals surface area contributed by atoms with E-state index >= 15 is 0 Å². The van der Waals surface area contributed by atoms with Crippen molar-refractivity contribution in [3.8, 4) is 5.75 Å². The lowest BCUT2D eigenvalue weighted by atomic mass is 10.2. The second-order valence-corrected chi connectivity index (χ2v) is 12.3. The van der Waals surface area contributed by atoms with Crippen LogP contribution in [0.15, 0.2) is 54.7 Å². The Labute approximate surface area is 220 Å². The molecule has 0 aliphatic heterocycles. The predicted octanol–water partition coefficient (Wildman–Crippen LogP) is 5.07. The highest BCUT2D eigenvalue weighted by Crippen LogP contribution is 2.39. The summed E-state index contributed by atoms with van der Waals surface area (Å²) in [6.45, 7) is 3.92. The number of hydrogen-bond donors (Lipinski definition) is 3. The zero-order valence-corrected chi connectivity index (χ0v) is 22.8. The Balaban J connectivity index is 1.88. The molecule has 3 rings (SSSR count). The summed E-state index contributed by atoms with van der Waals surface area (Å²) < 4.78 is 32.6. The van der Waals surface area contributed by atoms with Crippen LogP contribution in [0, 0.1) is 5.82 Å². The Morgan fingerprint density at radius 2 is 1.89 bits per heavy atom. The van der Waals surface area contributed by atoms with Crippen molar-refractivity contribution in [3.05, 3.63) is 65.6 Å². The molecule has 37 heavy (non-hydrogen) atoms. The Morgan fingerprint density at radius 3 is 2.57 bits per heavy atom. The summed E-state index contributed by atoms with van der Waals surface area (Å²) in [5.41, 5.74) is 0.872. The summed E-state index contributed by atoms with van der Waals surface area (Å²) in [5.74, 6) is -0.561. The maximum atomic E-state index is 14.6. The Bertz CT molecular complexity index is 1360. The number of methoxy groups -OCH3 is 1. The zero-order chi connectivity index (χ0) is 27.2. The van der Waals surface area contributed by atoms with E-state index in [0.717, 1.165) is 6.07 Å². The SMILES string of the molecule is COc1cc(F)c(NC(=O)/C=C/CN(C)C)cc1Nc1ncc(Cl)c(Nc2ccccc2P(C)(C)=O)n1. The third-order valence-corrected chi connectivity index (χ3v) is 6.84. The molecular weight excluding hydrogens is 518 g/mol. The molecule has 0 radical (unpaired) electrons. The van der Waals surface area contributed by atoms with Gasteiger partial charge in [0.05, 0.1) is 30.4 Å². The van der Waals surface area contributed by atoms with Crippen molar-refractivity contribution in [2.45, 2.75) is 0 Å². The number of hydrogen-bond acceptors (Lipinski definition) is 8. The van der Waals surface area contributed by atoms with E-state index < -0.39 is 18.9 Å². The number of anilines is 5. The molecular formula is C25H29ClFN6O3P. The average Bonchev–Trinajstić information content (AvgIpc) is 2.82. The van der Waals surface area contributed by atoms with Crippen LogP contribution >= 0.6 is 18.7 Å². The second-order valence-electron chi connectivity index (χ2n) is 8.69. The van der Waals surface area contributed by atoms with Gasteiger partial charge in [0.2, 0.25) is 11.9 Å². The molecule has 0 saturated heterocycles. The predicted molar refractivity (Wildman–Crippen MR) is 148 cm³/mol. The molecule has 0 aliphatic carbocycles. The van der Waals surface area contributed by atoms with E-state index in [-0.39, 0.29) is 28.2 Å². The number of rotatable bonds is 10. The first-order valence-corrected chi connectivity index (χ1v) is 14.2. The first kappa shape index (κ1) is 28.1. The molecule has 1 amide bonds. The summed E-state index contributed by atoms with van der Waals surface area (Å²) >= 11 is 6.32. The van der Waals surface area contributed by atoms with Gasteiger partial charge in [0, 0.05) is 24.0 Å². The van der Waals surface area contributed by atoms with Crippen LogP contribution in [0.1, 0.15) is 0 Å². The van der Waals surface area contributed by atoms with Gasteiger partial charge in [-0.25, -0.2) is 9.37 Å². The van der Waals surface area contributed by atoms with Crippen LogP contribution in [-0.4, -0.2) is 61.9 Å². The molecule has 0 fully saturated rings. The fourth-order valence-electron chi connectivity index (χ4n) is 3.27. The van der Waals surface area contributed by atoms with Crippen molar-refractivity contribution in [2.75, 3.05) is 57.0 Å². The maximum absolute atomic E-state index is 14.6. The second kappa shape index (κ2) is 12.2. The van der Waals surface area contributed by atoms with E-state index in [2.05, 4.69) is 25.9 Å². The van der Waals surface area contributed by atoms with E-state index in [1.165, 1.54) is 25.4 Å². The Kier molecular flexibility index (Phi) is 9.26. The zero-order valence-electron chi connectivity index (χ0n) is 21.2. The van der Waals surface area contributed by atoms with Crippen molar-refractivity contribution in [2.24, 2.45) is 0 Å². The van der Waals surface area contributed by atoms with E-state index in [1.807, 2.05) is 31.1 Å². The Morgan fingerprint density at radius 1 is 1.16 bits per heavy atom. The molecule has 12 heteroatoms. The molecule has 3 N–H and O–H groups in total. The minimum atomic E-state index is -2.58. The molecule has 196 valence electrons. The average molecular weight is 547 g/mol. The van der Waals surface area contributed by atoms with Crippen LogP contribution in [0.25, 0.3) is 0 Å². The molecule has 0 bridgehead atoms. The summed E-state index contributed by atoms with van der Waals surface area (Å²) in [6, 6.07) is 9.72. The van der Waals surface area contributed by atoms with Crippen molar-refractivity contribution in [3.63, 3.8) is 0 Å². The van der Waals surface area contributed by atoms with E-state index in [0.29, 0.717) is 23.2 Å². The normalized spacial score (nSPS) is 11.6. The summed E-state index contributed by atoms with van der Waals surface area (Å²) in [4.78, 5) is 22.7. The van der Waals surface area contributed by atoms with Crippen LogP contribution in [-0.2, 0) is 9.36 Å². The van der Waals surface area contributed by atoms with Crippen LogP contribution in [0.5, 0.6) is 5.75 Å². The number of ether oxygens (including phenoxy) is 1. The Hall–Kier alpha value is -3.46. The lowest BCUT2D eigenvalue weighted by molar-refractivity contribution is -0.111. The van der Waals surface area contributed by atoms with Gasteiger partial charge in [-0.3, -0.25) is 4.79 Å². The van der Waals surface area contributed by atoms with Crippen molar-refractivity contribution in [1.82, 2.24) is 14.9 Å². The fraction of sp³-hybridized carbons (Fsp3) is 0.240. The number of amides is 1. The first-order chi connectivity index (χ1) is 17.5. The molecule has 0 atom stereocenters. The molecule has 0 unspecified atom stereocenters. The number of aromatic nitrogens is 2. The van der Waals surface area contributed by atoms with Crippen molar-refractivity contribution >= 4 is 58.8 Å². The number of carbonyl (C=O) groups is 1. The highest BCUT2D eigenvalue weighted by atomic mass is 35.5. The highest BCUT2D eigenvalue weighted by molar-refractivity contribution is 7.70. The van der Waals surface area contributed by atoms with Gasteiger partial charge in [-0.15, -0.1) is 0 Å². The topological polar surface area (TPSA) is 108 Å². The summed E-state index contributed by atoms with van der Waals surface area (Å²) in [7, 11) is 2.55. The highest BCUT2D eigenvalue weighted by Gasteiger charge is 2.18. The lowest BCUT2D eigenvalue weighted by Gasteiger charge is -2.16. The number of para-hydroxylation sites is 1. The lowest BCUT2D eigenvalue weighted by Crippen LogP contribution is -2.13. The first-order valence-electron chi connectivity index (χ1n) is 11.2. The summed E-state index contributed by atoms with van der Waals surface area (Å²) in [6.07, 6.45) is 4.40. The maximum Gasteiger partial charge on any atom is 0.248 e. The van der Waals surface area contributed by atoms with Gasteiger partial charge >= 0.3 is 0 Å². The van der Waals surface area contributed by atoms with Gasteiger partial charge in [0.25, 0.3) is 0 Å². The van der Waals surface area contributed by atoms with Crippen LogP contribution in [0.3, 0.4) is 0 Å². The third kappa shape index (κ3) is 7.76. The van der Waals surface area contributed by atoms with Crippen molar-refractivity contribution in [1.29, 1.82) is 0 Å².